The van der Waals surface area contributed by atoms with Gasteiger partial charge >= 0.3 is 0 Å². The molecule has 1 spiro atoms. The van der Waals surface area contributed by atoms with Gasteiger partial charge in [-0.25, -0.2) is 0 Å². The number of hydrogen-bond donors (Lipinski definition) is 1. The number of carbonyl (C=O) groups excluding carboxylic acids is 3. The third kappa shape index (κ3) is 4.72. The highest BCUT2D eigenvalue weighted by Crippen LogP contribution is 2.41. The lowest BCUT2D eigenvalue weighted by Crippen LogP contribution is -2.50. The molecule has 0 radical (unpaired) electrons. The Morgan fingerprint density at radius 2 is 1.74 bits per heavy atom. The van der Waals surface area contributed by atoms with Crippen LogP contribution in [0.15, 0.2) is 47.8 Å². The Balaban J connectivity index is 1.22. The van der Waals surface area contributed by atoms with Gasteiger partial charge in [0.1, 0.15) is 11.7 Å². The molecule has 2 fully saturated rings. The Kier molecular flexibility index (Phi) is 6.40. The molecular weight excluding hydrogens is 460 g/mol. The highest BCUT2D eigenvalue weighted by atomic mass is 32.1. The number of fused-ring (bicyclic) bond motifs is 1. The van der Waals surface area contributed by atoms with E-state index in [9.17, 15) is 14.4 Å². The molecule has 0 aliphatic carbocycles. The minimum absolute atomic E-state index is 0.000480. The fourth-order valence-corrected chi connectivity index (χ4v) is 6.42. The summed E-state index contributed by atoms with van der Waals surface area (Å²) in [4.78, 5) is 43.4. The molecule has 0 saturated carbocycles. The molecule has 1 atom stereocenters. The van der Waals surface area contributed by atoms with Gasteiger partial charge in [-0.1, -0.05) is 24.3 Å². The number of hydrogen-bond acceptors (Lipinski definition) is 4. The molecule has 3 amide bonds. The monoisotopic (exact) mass is 492 g/mol. The molecule has 35 heavy (non-hydrogen) atoms. The molecule has 8 heteroatoms. The summed E-state index contributed by atoms with van der Waals surface area (Å²) in [6.45, 7) is 4.26. The van der Waals surface area contributed by atoms with Crippen LogP contribution in [0.2, 0.25) is 0 Å². The highest BCUT2D eigenvalue weighted by Gasteiger charge is 2.44. The second-order valence-electron chi connectivity index (χ2n) is 9.99. The van der Waals surface area contributed by atoms with Crippen LogP contribution in [0.3, 0.4) is 0 Å². The van der Waals surface area contributed by atoms with Crippen molar-refractivity contribution in [1.82, 2.24) is 19.7 Å². The van der Waals surface area contributed by atoms with E-state index in [4.69, 9.17) is 0 Å². The van der Waals surface area contributed by atoms with Gasteiger partial charge in [0.25, 0.3) is 5.91 Å². The molecule has 2 aromatic heterocycles. The van der Waals surface area contributed by atoms with E-state index in [1.54, 1.807) is 11.3 Å². The summed E-state index contributed by atoms with van der Waals surface area (Å²) in [6, 6.07) is 13.5. The van der Waals surface area contributed by atoms with Crippen LogP contribution in [0.5, 0.6) is 0 Å². The summed E-state index contributed by atoms with van der Waals surface area (Å²) >= 11 is 1.60. The van der Waals surface area contributed by atoms with Gasteiger partial charge in [-0.15, -0.1) is 11.3 Å². The van der Waals surface area contributed by atoms with E-state index in [2.05, 4.69) is 5.32 Å². The second-order valence-corrected chi connectivity index (χ2v) is 11.0. The third-order valence-electron chi connectivity index (χ3n) is 7.69. The Labute approximate surface area is 209 Å². The predicted molar refractivity (Wildman–Crippen MR) is 137 cm³/mol. The van der Waals surface area contributed by atoms with Crippen molar-refractivity contribution in [1.29, 1.82) is 0 Å². The summed E-state index contributed by atoms with van der Waals surface area (Å²) < 4.78 is 1.98. The molecule has 1 N–H and O–H groups in total. The number of rotatable bonds is 5. The van der Waals surface area contributed by atoms with Crippen LogP contribution < -0.4 is 5.32 Å². The van der Waals surface area contributed by atoms with Crippen molar-refractivity contribution >= 4 is 40.0 Å². The van der Waals surface area contributed by atoms with Crippen molar-refractivity contribution < 1.29 is 14.4 Å². The maximum Gasteiger partial charge on any atom is 0.270 e. The van der Waals surface area contributed by atoms with Crippen molar-refractivity contribution in [2.24, 2.45) is 12.5 Å². The van der Waals surface area contributed by atoms with E-state index < -0.39 is 6.04 Å². The van der Waals surface area contributed by atoms with Crippen LogP contribution >= 0.6 is 11.3 Å². The second kappa shape index (κ2) is 9.49. The molecule has 2 aliphatic heterocycles. The van der Waals surface area contributed by atoms with E-state index in [1.807, 2.05) is 69.3 Å². The van der Waals surface area contributed by atoms with E-state index >= 15 is 0 Å². The van der Waals surface area contributed by atoms with Gasteiger partial charge in [0.15, 0.2) is 0 Å². The number of carbonyl (C=O) groups is 3. The van der Waals surface area contributed by atoms with Crippen molar-refractivity contribution in [3.05, 3.63) is 58.4 Å². The fraction of sp³-hybridized carbons (Fsp3) is 0.444. The molecule has 2 saturated heterocycles. The topological polar surface area (TPSA) is 74.7 Å². The number of nitrogens with zero attached hydrogens (tertiary/aromatic N) is 3. The first kappa shape index (κ1) is 23.6. The quantitative estimate of drug-likeness (QED) is 0.593. The Morgan fingerprint density at radius 3 is 2.40 bits per heavy atom. The number of thiophene rings is 1. The van der Waals surface area contributed by atoms with Gasteiger partial charge in [0.05, 0.1) is 0 Å². The SMILES string of the molecule is CC(=O)NC(Cc1cccs1)C(=O)N1CCC2(CCN(C(=O)c3cc4ccccc4n3C)CC2)C1. The lowest BCUT2D eigenvalue weighted by atomic mass is 9.77. The molecule has 184 valence electrons. The molecule has 7 nitrogen and oxygen atoms in total. The molecule has 5 rings (SSSR count). The molecule has 4 heterocycles. The van der Waals surface area contributed by atoms with E-state index in [0.29, 0.717) is 32.6 Å². The van der Waals surface area contributed by atoms with Crippen LogP contribution in [0.1, 0.15) is 41.6 Å². The molecule has 3 aromatic rings. The number of aryl methyl sites for hydroxylation is 1. The number of aromatic nitrogens is 1. The summed E-state index contributed by atoms with van der Waals surface area (Å²) in [7, 11) is 1.95. The zero-order valence-electron chi connectivity index (χ0n) is 20.3. The zero-order valence-corrected chi connectivity index (χ0v) is 21.1. The number of nitrogens with one attached hydrogen (secondary N) is 1. The van der Waals surface area contributed by atoms with Gasteiger partial charge in [-0.2, -0.15) is 0 Å². The maximum absolute atomic E-state index is 13.4. The largest absolute Gasteiger partial charge is 0.344 e. The van der Waals surface area contributed by atoms with E-state index in [-0.39, 0.29) is 23.1 Å². The van der Waals surface area contributed by atoms with Crippen molar-refractivity contribution in [3.8, 4) is 0 Å². The number of para-hydroxylation sites is 1. The maximum atomic E-state index is 13.4. The average Bonchev–Trinajstić information content (AvgIpc) is 3.58. The highest BCUT2D eigenvalue weighted by molar-refractivity contribution is 7.09. The Hall–Kier alpha value is -3.13. The predicted octanol–water partition coefficient (Wildman–Crippen LogP) is 3.44. The zero-order chi connectivity index (χ0) is 24.6. The molecule has 1 unspecified atom stereocenters. The standard InChI is InChI=1S/C27H32N4O3S/c1-19(32)28-22(17-21-7-5-15-35-21)25(33)31-14-11-27(18-31)9-12-30(13-10-27)26(34)24-16-20-6-3-4-8-23(20)29(24)2/h3-8,15-16,22H,9-14,17-18H2,1-2H3,(H,28,32). The first-order valence-corrected chi connectivity index (χ1v) is 13.2. The normalized spacial score (nSPS) is 18.2. The van der Waals surface area contributed by atoms with Crippen LogP contribution in [0.4, 0.5) is 0 Å². The van der Waals surface area contributed by atoms with Crippen LogP contribution in [0, 0.1) is 5.41 Å². The lowest BCUT2D eigenvalue weighted by Gasteiger charge is -2.39. The van der Waals surface area contributed by atoms with Crippen molar-refractivity contribution in [2.45, 2.75) is 38.6 Å². The smallest absolute Gasteiger partial charge is 0.270 e. The van der Waals surface area contributed by atoms with Gasteiger partial charge in [-0.05, 0) is 48.3 Å². The minimum atomic E-state index is -0.533. The van der Waals surface area contributed by atoms with Crippen LogP contribution in [-0.4, -0.2) is 64.3 Å². The molecular formula is C27H32N4O3S. The lowest BCUT2D eigenvalue weighted by molar-refractivity contribution is -0.135. The van der Waals surface area contributed by atoms with Crippen LogP contribution in [0.25, 0.3) is 10.9 Å². The minimum Gasteiger partial charge on any atom is -0.344 e. The summed E-state index contributed by atoms with van der Waals surface area (Å²) in [6.07, 6.45) is 3.25. The van der Waals surface area contributed by atoms with E-state index in [1.165, 1.54) is 6.92 Å². The number of benzene rings is 1. The molecule has 1 aromatic carbocycles. The first-order valence-electron chi connectivity index (χ1n) is 12.3. The van der Waals surface area contributed by atoms with Crippen molar-refractivity contribution in [2.75, 3.05) is 26.2 Å². The first-order chi connectivity index (χ1) is 16.8. The molecule has 0 bridgehead atoms. The Morgan fingerprint density at radius 1 is 1.03 bits per heavy atom. The van der Waals surface area contributed by atoms with E-state index in [0.717, 1.165) is 40.7 Å². The Bertz CT molecular complexity index is 1240. The summed E-state index contributed by atoms with van der Waals surface area (Å²) in [5.41, 5.74) is 1.83. The number of piperidine rings is 1. The molecule has 2 aliphatic rings. The third-order valence-corrected chi connectivity index (χ3v) is 8.59. The van der Waals surface area contributed by atoms with Gasteiger partial charge in [0.2, 0.25) is 11.8 Å². The van der Waals surface area contributed by atoms with Gasteiger partial charge in [0, 0.05) is 62.4 Å². The summed E-state index contributed by atoms with van der Waals surface area (Å²) in [5.74, 6) is -0.111. The number of amides is 3. The summed E-state index contributed by atoms with van der Waals surface area (Å²) in [5, 5.41) is 5.93. The fourth-order valence-electron chi connectivity index (χ4n) is 5.67. The number of likely N-dealkylation sites (tertiary alicyclic amines) is 2. The van der Waals surface area contributed by atoms with Gasteiger partial charge in [-0.3, -0.25) is 14.4 Å². The van der Waals surface area contributed by atoms with Crippen molar-refractivity contribution in [3.63, 3.8) is 0 Å². The van der Waals surface area contributed by atoms with Gasteiger partial charge < -0.3 is 19.7 Å². The van der Waals surface area contributed by atoms with Crippen LogP contribution in [-0.2, 0) is 23.1 Å². The average molecular weight is 493 g/mol.